The molecule has 0 aromatic carbocycles. The molecule has 0 fully saturated rings. The lowest BCUT2D eigenvalue weighted by atomic mass is 10.0. The average molecular weight is 290 g/mol. The molecule has 6 heteroatoms. The quantitative estimate of drug-likeness (QED) is 0.514. The van der Waals surface area contributed by atoms with E-state index in [1.165, 1.54) is 41.1 Å². The van der Waals surface area contributed by atoms with Crippen molar-refractivity contribution in [2.24, 2.45) is 5.84 Å². The number of nitrogens with two attached hydrogens (primary N) is 1. The Kier molecular flexibility index (Phi) is 3.58. The summed E-state index contributed by atoms with van der Waals surface area (Å²) in [4.78, 5) is 17.9. The first-order valence-electron chi connectivity index (χ1n) is 6.82. The Morgan fingerprint density at radius 2 is 2.30 bits per heavy atom. The molecule has 0 saturated heterocycles. The molecule has 0 saturated carbocycles. The average Bonchev–Trinajstić information content (AvgIpc) is 3.04. The summed E-state index contributed by atoms with van der Waals surface area (Å²) in [6, 6.07) is 1.93. The van der Waals surface area contributed by atoms with Crippen LogP contribution in [0.1, 0.15) is 44.3 Å². The van der Waals surface area contributed by atoms with E-state index in [-0.39, 0.29) is 5.91 Å². The summed E-state index contributed by atoms with van der Waals surface area (Å²) in [6.07, 6.45) is 6.60. The summed E-state index contributed by atoms with van der Waals surface area (Å²) >= 11 is 1.48. The number of thiophene rings is 1. The van der Waals surface area contributed by atoms with E-state index in [4.69, 9.17) is 5.84 Å². The van der Waals surface area contributed by atoms with E-state index in [1.807, 2.05) is 19.3 Å². The van der Waals surface area contributed by atoms with Crippen LogP contribution in [0.25, 0.3) is 0 Å². The number of nitrogens with zero attached hydrogens (tertiary/aromatic N) is 2. The standard InChI is InChI=1S/C14H18N4OS/c1-9-10(6-13(20-9)14(19)17-15)7-18-8-16-11-4-2-3-5-12(11)18/h6,8H,2-5,7,15H2,1H3,(H,17,19). The van der Waals surface area contributed by atoms with Gasteiger partial charge in [0.25, 0.3) is 5.91 Å². The fraction of sp³-hybridized carbons (Fsp3) is 0.429. The second-order valence-corrected chi connectivity index (χ2v) is 6.39. The van der Waals surface area contributed by atoms with Crippen LogP contribution in [0.5, 0.6) is 0 Å². The van der Waals surface area contributed by atoms with Crippen molar-refractivity contribution in [3.8, 4) is 0 Å². The van der Waals surface area contributed by atoms with Crippen LogP contribution in [-0.4, -0.2) is 15.5 Å². The van der Waals surface area contributed by atoms with E-state index in [1.54, 1.807) is 0 Å². The van der Waals surface area contributed by atoms with Gasteiger partial charge in [-0.25, -0.2) is 10.8 Å². The lowest BCUT2D eigenvalue weighted by Gasteiger charge is -2.13. The molecule has 1 aliphatic carbocycles. The highest BCUT2D eigenvalue weighted by molar-refractivity contribution is 7.14. The summed E-state index contributed by atoms with van der Waals surface area (Å²) in [5.41, 5.74) is 5.94. The van der Waals surface area contributed by atoms with Crippen molar-refractivity contribution in [3.05, 3.63) is 39.1 Å². The van der Waals surface area contributed by atoms with Crippen LogP contribution in [-0.2, 0) is 19.4 Å². The first-order valence-corrected chi connectivity index (χ1v) is 7.64. The van der Waals surface area contributed by atoms with Crippen LogP contribution in [0.3, 0.4) is 0 Å². The predicted molar refractivity (Wildman–Crippen MR) is 78.7 cm³/mol. The van der Waals surface area contributed by atoms with Gasteiger partial charge in [-0.15, -0.1) is 11.3 Å². The number of aromatic nitrogens is 2. The van der Waals surface area contributed by atoms with E-state index in [0.717, 1.165) is 24.3 Å². The second kappa shape index (κ2) is 5.38. The van der Waals surface area contributed by atoms with Gasteiger partial charge in [-0.1, -0.05) is 0 Å². The Balaban J connectivity index is 1.86. The SMILES string of the molecule is Cc1sc(C(=O)NN)cc1Cn1cnc2c1CCCC2. The molecule has 2 heterocycles. The van der Waals surface area contributed by atoms with Crippen molar-refractivity contribution < 1.29 is 4.79 Å². The maximum atomic E-state index is 11.6. The van der Waals surface area contributed by atoms with Gasteiger partial charge >= 0.3 is 0 Å². The third-order valence-corrected chi connectivity index (χ3v) is 4.92. The van der Waals surface area contributed by atoms with Gasteiger partial charge < -0.3 is 4.57 Å². The van der Waals surface area contributed by atoms with Gasteiger partial charge in [0.2, 0.25) is 0 Å². The topological polar surface area (TPSA) is 72.9 Å². The third-order valence-electron chi connectivity index (χ3n) is 3.83. The van der Waals surface area contributed by atoms with Crippen molar-refractivity contribution in [1.29, 1.82) is 0 Å². The number of carbonyl (C=O) groups is 1. The van der Waals surface area contributed by atoms with Gasteiger partial charge in [-0.3, -0.25) is 10.2 Å². The highest BCUT2D eigenvalue weighted by Crippen LogP contribution is 2.25. The minimum atomic E-state index is -0.225. The molecule has 1 amide bonds. The van der Waals surface area contributed by atoms with E-state index in [0.29, 0.717) is 4.88 Å². The second-order valence-electron chi connectivity index (χ2n) is 5.14. The molecular formula is C14H18N4OS. The minimum absolute atomic E-state index is 0.225. The van der Waals surface area contributed by atoms with Crippen LogP contribution >= 0.6 is 11.3 Å². The molecule has 1 aliphatic rings. The molecule has 2 aromatic rings. The van der Waals surface area contributed by atoms with Gasteiger partial charge in [0.1, 0.15) is 0 Å². The molecule has 0 radical (unpaired) electrons. The lowest BCUT2D eigenvalue weighted by molar-refractivity contribution is 0.0957. The predicted octanol–water partition coefficient (Wildman–Crippen LogP) is 1.78. The van der Waals surface area contributed by atoms with Gasteiger partial charge in [0.05, 0.1) is 16.9 Å². The van der Waals surface area contributed by atoms with Crippen molar-refractivity contribution in [2.45, 2.75) is 39.2 Å². The molecule has 20 heavy (non-hydrogen) atoms. The fourth-order valence-corrected chi connectivity index (χ4v) is 3.65. The van der Waals surface area contributed by atoms with Crippen molar-refractivity contribution in [1.82, 2.24) is 15.0 Å². The van der Waals surface area contributed by atoms with Crippen molar-refractivity contribution in [3.63, 3.8) is 0 Å². The molecule has 3 rings (SSSR count). The Morgan fingerprint density at radius 3 is 3.10 bits per heavy atom. The number of amides is 1. The van der Waals surface area contributed by atoms with Gasteiger partial charge in [-0.2, -0.15) is 0 Å². The summed E-state index contributed by atoms with van der Waals surface area (Å²) in [6.45, 7) is 2.82. The van der Waals surface area contributed by atoms with Crippen LogP contribution in [0.4, 0.5) is 0 Å². The van der Waals surface area contributed by atoms with Crippen LogP contribution in [0, 0.1) is 6.92 Å². The first-order chi connectivity index (χ1) is 9.69. The number of hydrogen-bond acceptors (Lipinski definition) is 4. The summed E-state index contributed by atoms with van der Waals surface area (Å²) in [5.74, 6) is 4.96. The zero-order valence-electron chi connectivity index (χ0n) is 11.5. The Morgan fingerprint density at radius 1 is 1.50 bits per heavy atom. The zero-order chi connectivity index (χ0) is 14.1. The van der Waals surface area contributed by atoms with Gasteiger partial charge in [-0.05, 0) is 44.2 Å². The molecule has 5 nitrogen and oxygen atoms in total. The largest absolute Gasteiger partial charge is 0.330 e. The molecule has 106 valence electrons. The highest BCUT2D eigenvalue weighted by Gasteiger charge is 2.17. The number of carbonyl (C=O) groups excluding carboxylic acids is 1. The summed E-state index contributed by atoms with van der Waals surface area (Å²) < 4.78 is 2.22. The van der Waals surface area contributed by atoms with Crippen molar-refractivity contribution >= 4 is 17.2 Å². The summed E-state index contributed by atoms with van der Waals surface area (Å²) in [5, 5.41) is 0. The summed E-state index contributed by atoms with van der Waals surface area (Å²) in [7, 11) is 0. The Bertz CT molecular complexity index is 644. The number of imidazole rings is 1. The molecule has 0 atom stereocenters. The van der Waals surface area contributed by atoms with Gasteiger partial charge in [0, 0.05) is 17.1 Å². The van der Waals surface area contributed by atoms with Crippen LogP contribution in [0.15, 0.2) is 12.4 Å². The van der Waals surface area contributed by atoms with E-state index in [2.05, 4.69) is 15.0 Å². The van der Waals surface area contributed by atoms with Crippen molar-refractivity contribution in [2.75, 3.05) is 0 Å². The molecule has 2 aromatic heterocycles. The molecule has 0 aliphatic heterocycles. The van der Waals surface area contributed by atoms with Gasteiger partial charge in [0.15, 0.2) is 0 Å². The number of aryl methyl sites for hydroxylation is 2. The smallest absolute Gasteiger partial charge is 0.275 e. The Hall–Kier alpha value is -1.66. The lowest BCUT2D eigenvalue weighted by Crippen LogP contribution is -2.29. The maximum absolute atomic E-state index is 11.6. The number of nitrogen functional groups attached to an aromatic ring is 1. The zero-order valence-corrected chi connectivity index (χ0v) is 12.3. The number of fused-ring (bicyclic) bond motifs is 1. The van der Waals surface area contributed by atoms with E-state index < -0.39 is 0 Å². The van der Waals surface area contributed by atoms with Crippen LogP contribution < -0.4 is 11.3 Å². The first kappa shape index (κ1) is 13.3. The molecule has 0 bridgehead atoms. The fourth-order valence-electron chi connectivity index (χ4n) is 2.71. The molecule has 0 spiro atoms. The monoisotopic (exact) mass is 290 g/mol. The number of hydrazine groups is 1. The Labute approximate surface area is 121 Å². The molecule has 0 unspecified atom stereocenters. The molecular weight excluding hydrogens is 272 g/mol. The molecule has 3 N–H and O–H groups in total. The normalized spacial score (nSPS) is 14.1. The number of hydrogen-bond donors (Lipinski definition) is 2. The maximum Gasteiger partial charge on any atom is 0.275 e. The number of nitrogens with one attached hydrogen (secondary N) is 1. The van der Waals surface area contributed by atoms with Crippen LogP contribution in [0.2, 0.25) is 0 Å². The minimum Gasteiger partial charge on any atom is -0.330 e. The number of rotatable bonds is 3. The highest BCUT2D eigenvalue weighted by atomic mass is 32.1. The van der Waals surface area contributed by atoms with E-state index >= 15 is 0 Å². The third kappa shape index (κ3) is 2.36. The van der Waals surface area contributed by atoms with E-state index in [9.17, 15) is 4.79 Å².